The number of hydrogen-bond acceptors (Lipinski definition) is 2. The molecule has 0 aromatic rings. The standard InChI is InChI=1S/C9H18N2O/c1-6(2)8(10)7-4-5-11(3)9(7)12/h6-8H,4-5,10H2,1-3H3. The maximum absolute atomic E-state index is 11.5. The van der Waals surface area contributed by atoms with Crippen LogP contribution in [0.4, 0.5) is 0 Å². The van der Waals surface area contributed by atoms with E-state index in [1.54, 1.807) is 4.90 Å². The largest absolute Gasteiger partial charge is 0.345 e. The van der Waals surface area contributed by atoms with Gasteiger partial charge in [-0.05, 0) is 12.3 Å². The topological polar surface area (TPSA) is 46.3 Å². The fourth-order valence-corrected chi connectivity index (χ4v) is 1.67. The summed E-state index contributed by atoms with van der Waals surface area (Å²) in [7, 11) is 1.84. The molecule has 1 aliphatic rings. The molecule has 2 unspecified atom stereocenters. The van der Waals surface area contributed by atoms with E-state index in [-0.39, 0.29) is 17.9 Å². The highest BCUT2D eigenvalue weighted by Gasteiger charge is 2.34. The third-order valence-corrected chi connectivity index (χ3v) is 2.70. The van der Waals surface area contributed by atoms with E-state index < -0.39 is 0 Å². The number of amides is 1. The first-order valence-corrected chi connectivity index (χ1v) is 4.54. The third-order valence-electron chi connectivity index (χ3n) is 2.70. The summed E-state index contributed by atoms with van der Waals surface area (Å²) in [6, 6.07) is 0.0300. The Labute approximate surface area is 73.9 Å². The first-order valence-electron chi connectivity index (χ1n) is 4.54. The van der Waals surface area contributed by atoms with Gasteiger partial charge in [-0.3, -0.25) is 4.79 Å². The average Bonchev–Trinajstić information content (AvgIpc) is 2.32. The van der Waals surface area contributed by atoms with E-state index in [2.05, 4.69) is 13.8 Å². The summed E-state index contributed by atoms with van der Waals surface area (Å²) in [5.74, 6) is 0.677. The van der Waals surface area contributed by atoms with E-state index in [9.17, 15) is 4.79 Å². The fourth-order valence-electron chi connectivity index (χ4n) is 1.67. The quantitative estimate of drug-likeness (QED) is 0.654. The smallest absolute Gasteiger partial charge is 0.227 e. The molecule has 1 fully saturated rings. The van der Waals surface area contributed by atoms with Crippen molar-refractivity contribution in [3.63, 3.8) is 0 Å². The molecule has 1 aliphatic heterocycles. The molecule has 0 radical (unpaired) electrons. The molecule has 70 valence electrons. The summed E-state index contributed by atoms with van der Waals surface area (Å²) >= 11 is 0. The maximum Gasteiger partial charge on any atom is 0.227 e. The van der Waals surface area contributed by atoms with Crippen LogP contribution in [-0.2, 0) is 4.79 Å². The Morgan fingerprint density at radius 2 is 2.17 bits per heavy atom. The second-order valence-corrected chi connectivity index (χ2v) is 3.98. The summed E-state index contributed by atoms with van der Waals surface area (Å²) in [4.78, 5) is 13.3. The molecule has 1 heterocycles. The van der Waals surface area contributed by atoms with Gasteiger partial charge in [0.1, 0.15) is 0 Å². The van der Waals surface area contributed by atoms with Crippen LogP contribution in [0, 0.1) is 11.8 Å². The van der Waals surface area contributed by atoms with Gasteiger partial charge >= 0.3 is 0 Å². The van der Waals surface area contributed by atoms with E-state index >= 15 is 0 Å². The van der Waals surface area contributed by atoms with Gasteiger partial charge in [0.15, 0.2) is 0 Å². The number of rotatable bonds is 2. The predicted molar refractivity (Wildman–Crippen MR) is 48.6 cm³/mol. The SMILES string of the molecule is CC(C)C(N)C1CCN(C)C1=O. The minimum atomic E-state index is 0.0300. The Kier molecular flexibility index (Phi) is 2.73. The van der Waals surface area contributed by atoms with Crippen molar-refractivity contribution in [3.05, 3.63) is 0 Å². The number of carbonyl (C=O) groups is 1. The van der Waals surface area contributed by atoms with Crippen molar-refractivity contribution in [1.82, 2.24) is 4.90 Å². The monoisotopic (exact) mass is 170 g/mol. The zero-order valence-corrected chi connectivity index (χ0v) is 8.08. The van der Waals surface area contributed by atoms with Gasteiger partial charge in [0, 0.05) is 19.6 Å². The zero-order valence-electron chi connectivity index (χ0n) is 8.08. The maximum atomic E-state index is 11.5. The number of nitrogens with two attached hydrogens (primary N) is 1. The molecule has 12 heavy (non-hydrogen) atoms. The highest BCUT2D eigenvalue weighted by Crippen LogP contribution is 2.22. The molecular weight excluding hydrogens is 152 g/mol. The molecule has 0 aromatic heterocycles. The number of carbonyl (C=O) groups excluding carboxylic acids is 1. The summed E-state index contributed by atoms with van der Waals surface area (Å²) in [6.45, 7) is 5.00. The predicted octanol–water partition coefficient (Wildman–Crippen LogP) is 0.448. The van der Waals surface area contributed by atoms with E-state index in [1.165, 1.54) is 0 Å². The summed E-state index contributed by atoms with van der Waals surface area (Å²) in [5.41, 5.74) is 5.93. The molecule has 0 bridgehead atoms. The van der Waals surface area contributed by atoms with Crippen molar-refractivity contribution in [2.24, 2.45) is 17.6 Å². The van der Waals surface area contributed by atoms with Gasteiger partial charge in [-0.2, -0.15) is 0 Å². The Morgan fingerprint density at radius 3 is 2.50 bits per heavy atom. The van der Waals surface area contributed by atoms with Crippen molar-refractivity contribution >= 4 is 5.91 Å². The van der Waals surface area contributed by atoms with Gasteiger partial charge < -0.3 is 10.6 Å². The van der Waals surface area contributed by atoms with Crippen molar-refractivity contribution in [1.29, 1.82) is 0 Å². The lowest BCUT2D eigenvalue weighted by Crippen LogP contribution is -2.39. The minimum absolute atomic E-state index is 0.0300. The van der Waals surface area contributed by atoms with Gasteiger partial charge in [-0.15, -0.1) is 0 Å². The van der Waals surface area contributed by atoms with E-state index in [1.807, 2.05) is 7.05 Å². The third kappa shape index (κ3) is 1.61. The molecule has 2 atom stereocenters. The van der Waals surface area contributed by atoms with Crippen LogP contribution in [0.3, 0.4) is 0 Å². The Balaban J connectivity index is 2.59. The average molecular weight is 170 g/mol. The van der Waals surface area contributed by atoms with E-state index in [0.29, 0.717) is 5.92 Å². The molecule has 1 amide bonds. The molecule has 0 aromatic carbocycles. The highest BCUT2D eigenvalue weighted by molar-refractivity contribution is 5.81. The van der Waals surface area contributed by atoms with Crippen molar-refractivity contribution in [3.8, 4) is 0 Å². The summed E-state index contributed by atoms with van der Waals surface area (Å²) in [6.07, 6.45) is 0.925. The molecule has 0 saturated carbocycles. The van der Waals surface area contributed by atoms with Crippen LogP contribution in [0.25, 0.3) is 0 Å². The molecule has 3 nitrogen and oxygen atoms in total. The lowest BCUT2D eigenvalue weighted by atomic mass is 9.90. The molecule has 1 rings (SSSR count). The van der Waals surface area contributed by atoms with Gasteiger partial charge in [0.25, 0.3) is 0 Å². The number of likely N-dealkylation sites (tertiary alicyclic amines) is 1. The fraction of sp³-hybridized carbons (Fsp3) is 0.889. The van der Waals surface area contributed by atoms with Crippen molar-refractivity contribution in [2.75, 3.05) is 13.6 Å². The zero-order chi connectivity index (χ0) is 9.30. The van der Waals surface area contributed by atoms with Crippen LogP contribution in [-0.4, -0.2) is 30.4 Å². The Bertz CT molecular complexity index is 179. The summed E-state index contributed by atoms with van der Waals surface area (Å²) < 4.78 is 0. The first kappa shape index (κ1) is 9.52. The summed E-state index contributed by atoms with van der Waals surface area (Å²) in [5, 5.41) is 0. The minimum Gasteiger partial charge on any atom is -0.345 e. The lowest BCUT2D eigenvalue weighted by molar-refractivity contribution is -0.130. The Morgan fingerprint density at radius 1 is 1.58 bits per heavy atom. The lowest BCUT2D eigenvalue weighted by Gasteiger charge is -2.21. The van der Waals surface area contributed by atoms with Gasteiger partial charge in [0.05, 0.1) is 5.92 Å². The number of hydrogen-bond donors (Lipinski definition) is 1. The molecule has 2 N–H and O–H groups in total. The normalized spacial score (nSPS) is 26.9. The second kappa shape index (κ2) is 3.44. The van der Waals surface area contributed by atoms with Crippen molar-refractivity contribution in [2.45, 2.75) is 26.3 Å². The first-order chi connectivity index (χ1) is 5.54. The van der Waals surface area contributed by atoms with Crippen LogP contribution < -0.4 is 5.73 Å². The Hall–Kier alpha value is -0.570. The van der Waals surface area contributed by atoms with E-state index in [4.69, 9.17) is 5.73 Å². The van der Waals surface area contributed by atoms with Gasteiger partial charge in [-0.25, -0.2) is 0 Å². The highest BCUT2D eigenvalue weighted by atomic mass is 16.2. The molecule has 0 spiro atoms. The van der Waals surface area contributed by atoms with E-state index in [0.717, 1.165) is 13.0 Å². The van der Waals surface area contributed by atoms with Crippen LogP contribution >= 0.6 is 0 Å². The molecule has 3 heteroatoms. The van der Waals surface area contributed by atoms with Crippen LogP contribution in [0.5, 0.6) is 0 Å². The van der Waals surface area contributed by atoms with Crippen LogP contribution in [0.2, 0.25) is 0 Å². The van der Waals surface area contributed by atoms with Crippen LogP contribution in [0.15, 0.2) is 0 Å². The van der Waals surface area contributed by atoms with Crippen molar-refractivity contribution < 1.29 is 4.79 Å². The van der Waals surface area contributed by atoms with Gasteiger partial charge in [0.2, 0.25) is 5.91 Å². The second-order valence-electron chi connectivity index (χ2n) is 3.98. The van der Waals surface area contributed by atoms with Gasteiger partial charge in [-0.1, -0.05) is 13.8 Å². The molecular formula is C9H18N2O. The molecule has 1 saturated heterocycles. The molecule has 0 aliphatic carbocycles. The number of nitrogens with zero attached hydrogens (tertiary/aromatic N) is 1. The van der Waals surface area contributed by atoms with Crippen LogP contribution in [0.1, 0.15) is 20.3 Å².